The lowest BCUT2D eigenvalue weighted by Gasteiger charge is -2.35. The second-order valence-corrected chi connectivity index (χ2v) is 8.15. The van der Waals surface area contributed by atoms with Crippen LogP contribution >= 0.6 is 0 Å². The maximum absolute atomic E-state index is 13.6. The van der Waals surface area contributed by atoms with Crippen molar-refractivity contribution in [3.05, 3.63) is 53.5 Å². The number of fused-ring (bicyclic) bond motifs is 1. The Morgan fingerprint density at radius 3 is 2.41 bits per heavy atom. The first kappa shape index (κ1) is 21.9. The average molecular weight is 447 g/mol. The Balaban J connectivity index is 1.43. The second kappa shape index (κ2) is 8.33. The summed E-state index contributed by atoms with van der Waals surface area (Å²) in [5.41, 5.74) is 0.355. The van der Waals surface area contributed by atoms with Crippen LogP contribution in [0.15, 0.2) is 36.7 Å². The first-order chi connectivity index (χ1) is 15.2. The third-order valence-corrected chi connectivity index (χ3v) is 5.72. The van der Waals surface area contributed by atoms with Gasteiger partial charge >= 0.3 is 6.18 Å². The largest absolute Gasteiger partial charge is 0.433 e. The number of alkyl halides is 3. The number of benzene rings is 1. The highest BCUT2D eigenvalue weighted by atomic mass is 19.4. The highest BCUT2D eigenvalue weighted by Crippen LogP contribution is 2.34. The molecule has 1 N–H and O–H groups in total. The molecule has 1 saturated heterocycles. The number of hydrogen-bond donors (Lipinski definition) is 1. The lowest BCUT2D eigenvalue weighted by molar-refractivity contribution is -0.145. The van der Waals surface area contributed by atoms with Crippen molar-refractivity contribution < 1.29 is 22.8 Å². The quantitative estimate of drug-likeness (QED) is 0.666. The van der Waals surface area contributed by atoms with Gasteiger partial charge in [-0.05, 0) is 25.5 Å². The van der Waals surface area contributed by atoms with Crippen LogP contribution < -0.4 is 0 Å². The molecular formula is C22H24F3N5O2. The molecule has 0 bridgehead atoms. The molecule has 0 aliphatic carbocycles. The topological polar surface area (TPSA) is 74.2 Å². The van der Waals surface area contributed by atoms with E-state index in [1.54, 1.807) is 18.7 Å². The summed E-state index contributed by atoms with van der Waals surface area (Å²) in [7, 11) is 0. The summed E-state index contributed by atoms with van der Waals surface area (Å²) in [5.74, 6) is -0.793. The van der Waals surface area contributed by atoms with Gasteiger partial charge in [0.2, 0.25) is 5.91 Å². The van der Waals surface area contributed by atoms with Crippen molar-refractivity contribution in [2.24, 2.45) is 0 Å². The van der Waals surface area contributed by atoms with Gasteiger partial charge in [-0.3, -0.25) is 14.3 Å². The number of nitrogens with zero attached hydrogens (tertiary/aromatic N) is 4. The molecule has 4 rings (SSSR count). The number of aromatic nitrogens is 3. The number of nitrogens with one attached hydrogen (secondary N) is 1. The molecule has 32 heavy (non-hydrogen) atoms. The van der Waals surface area contributed by atoms with Crippen molar-refractivity contribution in [2.45, 2.75) is 32.5 Å². The van der Waals surface area contributed by atoms with Gasteiger partial charge in [0.05, 0.1) is 18.2 Å². The van der Waals surface area contributed by atoms with Crippen molar-refractivity contribution in [1.29, 1.82) is 0 Å². The zero-order valence-electron chi connectivity index (χ0n) is 17.8. The molecule has 0 atom stereocenters. The minimum atomic E-state index is -4.69. The maximum atomic E-state index is 13.6. The van der Waals surface area contributed by atoms with Crippen LogP contribution in [0.1, 0.15) is 41.5 Å². The van der Waals surface area contributed by atoms with Crippen LogP contribution in [0.3, 0.4) is 0 Å². The van der Waals surface area contributed by atoms with E-state index in [4.69, 9.17) is 0 Å². The number of rotatable bonds is 4. The molecule has 1 aromatic carbocycles. The Morgan fingerprint density at radius 2 is 1.75 bits per heavy atom. The number of hydrogen-bond acceptors (Lipinski definition) is 3. The van der Waals surface area contributed by atoms with Crippen molar-refractivity contribution in [1.82, 2.24) is 24.6 Å². The molecule has 170 valence electrons. The summed E-state index contributed by atoms with van der Waals surface area (Å²) < 4.78 is 41.6. The van der Waals surface area contributed by atoms with Gasteiger partial charge in [-0.1, -0.05) is 18.2 Å². The number of para-hydroxylation sites is 1. The van der Waals surface area contributed by atoms with E-state index in [-0.39, 0.29) is 38.5 Å². The van der Waals surface area contributed by atoms with Crippen molar-refractivity contribution >= 4 is 22.7 Å². The first-order valence-corrected chi connectivity index (χ1v) is 10.4. The Labute approximate surface area is 182 Å². The fourth-order valence-electron chi connectivity index (χ4n) is 4.07. The van der Waals surface area contributed by atoms with Crippen molar-refractivity contribution in [3.8, 4) is 0 Å². The summed E-state index contributed by atoms with van der Waals surface area (Å²) >= 11 is 0. The summed E-state index contributed by atoms with van der Waals surface area (Å²) in [4.78, 5) is 31.8. The molecule has 1 aliphatic heterocycles. The molecular weight excluding hydrogens is 423 g/mol. The van der Waals surface area contributed by atoms with E-state index in [2.05, 4.69) is 10.1 Å². The van der Waals surface area contributed by atoms with Crippen LogP contribution in [-0.2, 0) is 17.4 Å². The fraction of sp³-hybridized carbons (Fsp3) is 0.409. The lowest BCUT2D eigenvalue weighted by atomic mass is 10.1. The standard InChI is InChI=1S/C22H24F3N5O2/c1-14(2)30-20(22(23,24)25)17(13-27-30)21(32)29-9-7-28(8-10-29)19(31)11-15-12-26-18-6-4-3-5-16(15)18/h3-6,12-14,26H,7-11H2,1-2H3. The predicted octanol–water partition coefficient (Wildman–Crippen LogP) is 3.49. The lowest BCUT2D eigenvalue weighted by Crippen LogP contribution is -2.51. The van der Waals surface area contributed by atoms with E-state index >= 15 is 0 Å². The molecule has 2 amide bonds. The van der Waals surface area contributed by atoms with Crippen molar-refractivity contribution in [2.75, 3.05) is 26.2 Å². The fourth-order valence-corrected chi connectivity index (χ4v) is 4.07. The van der Waals surface area contributed by atoms with E-state index in [0.29, 0.717) is 0 Å². The number of amides is 2. The van der Waals surface area contributed by atoms with Gasteiger partial charge in [0.1, 0.15) is 0 Å². The Hall–Kier alpha value is -3.30. The van der Waals surface area contributed by atoms with Crippen LogP contribution in [0, 0.1) is 0 Å². The van der Waals surface area contributed by atoms with Gasteiger partial charge in [-0.15, -0.1) is 0 Å². The van der Waals surface area contributed by atoms with Crippen LogP contribution in [-0.4, -0.2) is 62.6 Å². The highest BCUT2D eigenvalue weighted by molar-refractivity contribution is 5.95. The average Bonchev–Trinajstić information content (AvgIpc) is 3.38. The molecule has 1 aliphatic rings. The molecule has 2 aromatic heterocycles. The normalized spacial score (nSPS) is 15.1. The van der Waals surface area contributed by atoms with Crippen molar-refractivity contribution in [3.63, 3.8) is 0 Å². The van der Waals surface area contributed by atoms with Crippen LogP contribution in [0.25, 0.3) is 10.9 Å². The second-order valence-electron chi connectivity index (χ2n) is 8.15. The monoisotopic (exact) mass is 447 g/mol. The number of H-pyrrole nitrogens is 1. The van der Waals surface area contributed by atoms with E-state index in [9.17, 15) is 22.8 Å². The van der Waals surface area contributed by atoms with Gasteiger partial charge in [0.25, 0.3) is 5.91 Å². The van der Waals surface area contributed by atoms with Crippen LogP contribution in [0.5, 0.6) is 0 Å². The number of halogens is 3. The van der Waals surface area contributed by atoms with Crippen LogP contribution in [0.4, 0.5) is 13.2 Å². The minimum Gasteiger partial charge on any atom is -0.361 e. The van der Waals surface area contributed by atoms with E-state index in [1.807, 2.05) is 30.5 Å². The molecule has 0 saturated carbocycles. The zero-order valence-corrected chi connectivity index (χ0v) is 17.8. The number of piperazine rings is 1. The summed E-state index contributed by atoms with van der Waals surface area (Å²) in [6, 6.07) is 7.17. The predicted molar refractivity (Wildman–Crippen MR) is 112 cm³/mol. The molecule has 3 heterocycles. The minimum absolute atomic E-state index is 0.0783. The Kier molecular flexibility index (Phi) is 5.70. The molecule has 0 unspecified atom stereocenters. The Morgan fingerprint density at radius 1 is 1.09 bits per heavy atom. The van der Waals surface area contributed by atoms with Gasteiger partial charge in [-0.2, -0.15) is 18.3 Å². The van der Waals surface area contributed by atoms with E-state index in [0.717, 1.165) is 27.3 Å². The van der Waals surface area contributed by atoms with Gasteiger partial charge < -0.3 is 14.8 Å². The third-order valence-electron chi connectivity index (χ3n) is 5.72. The summed E-state index contributed by atoms with van der Waals surface area (Å²) in [6.07, 6.45) is -1.67. The van der Waals surface area contributed by atoms with Crippen LogP contribution in [0.2, 0.25) is 0 Å². The maximum Gasteiger partial charge on any atom is 0.433 e. The summed E-state index contributed by atoms with van der Waals surface area (Å²) in [5, 5.41) is 4.77. The molecule has 1 fully saturated rings. The number of aromatic amines is 1. The molecule has 3 aromatic rings. The van der Waals surface area contributed by atoms with Gasteiger partial charge in [0.15, 0.2) is 5.69 Å². The SMILES string of the molecule is CC(C)n1ncc(C(=O)N2CCN(C(=O)Cc3c[nH]c4ccccc34)CC2)c1C(F)(F)F. The molecule has 10 heteroatoms. The van der Waals surface area contributed by atoms with Gasteiger partial charge in [0, 0.05) is 49.3 Å². The molecule has 7 nitrogen and oxygen atoms in total. The third kappa shape index (κ3) is 4.09. The molecule has 0 spiro atoms. The first-order valence-electron chi connectivity index (χ1n) is 10.4. The number of carbonyl (C=O) groups is 2. The summed E-state index contributed by atoms with van der Waals surface area (Å²) in [6.45, 7) is 4.04. The highest BCUT2D eigenvalue weighted by Gasteiger charge is 2.41. The number of carbonyl (C=O) groups excluding carboxylic acids is 2. The zero-order chi connectivity index (χ0) is 23.0. The van der Waals surface area contributed by atoms with E-state index < -0.39 is 29.4 Å². The van der Waals surface area contributed by atoms with Gasteiger partial charge in [-0.25, -0.2) is 0 Å². The van der Waals surface area contributed by atoms with E-state index in [1.165, 1.54) is 4.90 Å². The molecule has 0 radical (unpaired) electrons. The Bertz CT molecular complexity index is 1140. The smallest absolute Gasteiger partial charge is 0.361 e.